The van der Waals surface area contributed by atoms with Gasteiger partial charge >= 0.3 is 0 Å². The molecule has 1 atom stereocenters. The molecule has 2 rings (SSSR count). The number of benzene rings is 1. The molecule has 1 fully saturated rings. The number of nitrogen functional groups attached to an aromatic ring is 1. The first-order valence-electron chi connectivity index (χ1n) is 6.66. The van der Waals surface area contributed by atoms with Crippen molar-refractivity contribution in [1.82, 2.24) is 4.90 Å². The maximum Gasteiger partial charge on any atom is 0.255 e. The molecule has 1 aliphatic carbocycles. The summed E-state index contributed by atoms with van der Waals surface area (Å²) >= 11 is 0. The van der Waals surface area contributed by atoms with Crippen LogP contribution in [0.3, 0.4) is 0 Å². The summed E-state index contributed by atoms with van der Waals surface area (Å²) in [4.78, 5) is 13.7. The van der Waals surface area contributed by atoms with Crippen LogP contribution < -0.4 is 11.1 Å². The molecule has 104 valence electrons. The summed E-state index contributed by atoms with van der Waals surface area (Å²) in [5.74, 6) is 0.675. The first-order valence-corrected chi connectivity index (χ1v) is 6.66. The lowest BCUT2D eigenvalue weighted by Crippen LogP contribution is -2.23. The number of hydrogen-bond donors (Lipinski definition) is 2. The Morgan fingerprint density at radius 3 is 2.63 bits per heavy atom. The summed E-state index contributed by atoms with van der Waals surface area (Å²) in [6.45, 7) is 5.43. The van der Waals surface area contributed by atoms with Gasteiger partial charge in [0.25, 0.3) is 5.91 Å². The minimum atomic E-state index is -0.00226. The van der Waals surface area contributed by atoms with Gasteiger partial charge < -0.3 is 16.0 Å². The summed E-state index contributed by atoms with van der Waals surface area (Å²) < 4.78 is 0. The second-order valence-electron chi connectivity index (χ2n) is 6.28. The first kappa shape index (κ1) is 13.7. The number of nitrogens with zero attached hydrogens (tertiary/aromatic N) is 1. The first-order chi connectivity index (χ1) is 8.81. The van der Waals surface area contributed by atoms with Crippen LogP contribution in [0, 0.1) is 11.3 Å². The molecule has 1 aromatic carbocycles. The van der Waals surface area contributed by atoms with E-state index in [9.17, 15) is 4.79 Å². The Morgan fingerprint density at radius 2 is 2.11 bits per heavy atom. The third kappa shape index (κ3) is 3.00. The molecule has 3 N–H and O–H groups in total. The summed E-state index contributed by atoms with van der Waals surface area (Å²) in [6, 6.07) is 5.40. The van der Waals surface area contributed by atoms with Gasteiger partial charge in [-0.25, -0.2) is 0 Å². The molecule has 4 heteroatoms. The van der Waals surface area contributed by atoms with Crippen LogP contribution in [-0.2, 0) is 0 Å². The fraction of sp³-hybridized carbons (Fsp3) is 0.533. The summed E-state index contributed by atoms with van der Waals surface area (Å²) in [5.41, 5.74) is 8.43. The number of carbonyl (C=O) groups is 1. The maximum atomic E-state index is 12.1. The van der Waals surface area contributed by atoms with Crippen LogP contribution in [0.4, 0.5) is 11.4 Å². The van der Waals surface area contributed by atoms with E-state index in [2.05, 4.69) is 19.2 Å². The molecule has 0 bridgehead atoms. The predicted molar refractivity (Wildman–Crippen MR) is 79.2 cm³/mol. The van der Waals surface area contributed by atoms with Crippen LogP contribution in [0.25, 0.3) is 0 Å². The van der Waals surface area contributed by atoms with Crippen molar-refractivity contribution >= 4 is 17.3 Å². The molecule has 0 heterocycles. The van der Waals surface area contributed by atoms with Gasteiger partial charge in [-0.05, 0) is 36.0 Å². The molecule has 1 aromatic rings. The van der Waals surface area contributed by atoms with Crippen LogP contribution in [-0.4, -0.2) is 31.4 Å². The molecule has 0 radical (unpaired) electrons. The number of nitrogens with two attached hydrogens (primary N) is 1. The molecule has 0 aliphatic heterocycles. The molecule has 1 saturated carbocycles. The van der Waals surface area contributed by atoms with E-state index in [0.717, 1.165) is 12.2 Å². The van der Waals surface area contributed by atoms with Crippen molar-refractivity contribution < 1.29 is 4.79 Å². The fourth-order valence-corrected chi connectivity index (χ4v) is 2.29. The average molecular weight is 261 g/mol. The molecule has 0 aromatic heterocycles. The van der Waals surface area contributed by atoms with Gasteiger partial charge in [0, 0.05) is 32.0 Å². The zero-order valence-corrected chi connectivity index (χ0v) is 12.2. The number of nitrogens with one attached hydrogen (secondary N) is 1. The van der Waals surface area contributed by atoms with Gasteiger partial charge in [0.1, 0.15) is 0 Å². The Labute approximate surface area is 115 Å². The number of anilines is 2. The van der Waals surface area contributed by atoms with Gasteiger partial charge in [-0.1, -0.05) is 13.8 Å². The zero-order chi connectivity index (χ0) is 14.2. The van der Waals surface area contributed by atoms with E-state index in [0.29, 0.717) is 22.6 Å². The fourth-order valence-electron chi connectivity index (χ4n) is 2.29. The minimum Gasteiger partial charge on any atom is -0.399 e. The van der Waals surface area contributed by atoms with Crippen LogP contribution in [0.1, 0.15) is 30.6 Å². The summed E-state index contributed by atoms with van der Waals surface area (Å²) in [6.07, 6.45) is 1.24. The highest BCUT2D eigenvalue weighted by Gasteiger charge is 2.45. The topological polar surface area (TPSA) is 58.4 Å². The zero-order valence-electron chi connectivity index (χ0n) is 12.2. The normalized spacial score (nSPS) is 19.9. The van der Waals surface area contributed by atoms with Crippen molar-refractivity contribution in [3.05, 3.63) is 23.8 Å². The van der Waals surface area contributed by atoms with Crippen LogP contribution >= 0.6 is 0 Å². The van der Waals surface area contributed by atoms with Crippen molar-refractivity contribution in [3.8, 4) is 0 Å². The van der Waals surface area contributed by atoms with E-state index < -0.39 is 0 Å². The number of rotatable bonds is 4. The monoisotopic (exact) mass is 261 g/mol. The Hall–Kier alpha value is -1.71. The number of amides is 1. The van der Waals surface area contributed by atoms with Crippen molar-refractivity contribution in [2.24, 2.45) is 11.3 Å². The van der Waals surface area contributed by atoms with E-state index in [1.807, 2.05) is 6.07 Å². The number of carbonyl (C=O) groups excluding carboxylic acids is 1. The second-order valence-corrected chi connectivity index (χ2v) is 6.28. The Morgan fingerprint density at radius 1 is 1.47 bits per heavy atom. The van der Waals surface area contributed by atoms with Crippen molar-refractivity contribution in [2.75, 3.05) is 31.7 Å². The Kier molecular flexibility index (Phi) is 3.43. The van der Waals surface area contributed by atoms with Gasteiger partial charge in [-0.3, -0.25) is 4.79 Å². The average Bonchev–Trinajstić information content (AvgIpc) is 2.93. The second kappa shape index (κ2) is 4.76. The predicted octanol–water partition coefficient (Wildman–Crippen LogP) is 2.43. The SMILES string of the molecule is CN(C)C(=O)c1ccc(N)cc1NCC1CC1(C)C. The molecule has 0 spiro atoms. The quantitative estimate of drug-likeness (QED) is 0.818. The van der Waals surface area contributed by atoms with Gasteiger partial charge in [0.05, 0.1) is 5.56 Å². The lowest BCUT2D eigenvalue weighted by molar-refractivity contribution is 0.0828. The largest absolute Gasteiger partial charge is 0.399 e. The molecular formula is C15H23N3O. The highest BCUT2D eigenvalue weighted by atomic mass is 16.2. The van der Waals surface area contributed by atoms with Gasteiger partial charge in [-0.15, -0.1) is 0 Å². The summed E-state index contributed by atoms with van der Waals surface area (Å²) in [7, 11) is 3.51. The summed E-state index contributed by atoms with van der Waals surface area (Å²) in [5, 5.41) is 3.38. The standard InChI is InChI=1S/C15H23N3O/c1-15(2)8-10(15)9-17-13-7-11(16)5-6-12(13)14(19)18(3)4/h5-7,10,17H,8-9,16H2,1-4H3. The van der Waals surface area contributed by atoms with Crippen LogP contribution in [0.2, 0.25) is 0 Å². The Balaban J connectivity index is 2.13. The lowest BCUT2D eigenvalue weighted by Gasteiger charge is -2.16. The molecular weight excluding hydrogens is 238 g/mol. The van der Waals surface area contributed by atoms with E-state index in [1.165, 1.54) is 6.42 Å². The molecule has 1 amide bonds. The molecule has 1 unspecified atom stereocenters. The smallest absolute Gasteiger partial charge is 0.255 e. The number of hydrogen-bond acceptors (Lipinski definition) is 3. The highest BCUT2D eigenvalue weighted by molar-refractivity contribution is 6.00. The van der Waals surface area contributed by atoms with E-state index in [4.69, 9.17) is 5.73 Å². The molecule has 0 saturated heterocycles. The Bertz CT molecular complexity index is 494. The molecule has 1 aliphatic rings. The van der Waals surface area contributed by atoms with Crippen LogP contribution in [0.15, 0.2) is 18.2 Å². The van der Waals surface area contributed by atoms with E-state index in [-0.39, 0.29) is 5.91 Å². The van der Waals surface area contributed by atoms with Crippen LogP contribution in [0.5, 0.6) is 0 Å². The van der Waals surface area contributed by atoms with Crippen molar-refractivity contribution in [3.63, 3.8) is 0 Å². The minimum absolute atomic E-state index is 0.00226. The van der Waals surface area contributed by atoms with Gasteiger partial charge in [0.15, 0.2) is 0 Å². The van der Waals surface area contributed by atoms with Crippen molar-refractivity contribution in [2.45, 2.75) is 20.3 Å². The molecule has 19 heavy (non-hydrogen) atoms. The van der Waals surface area contributed by atoms with Crippen molar-refractivity contribution in [1.29, 1.82) is 0 Å². The van der Waals surface area contributed by atoms with E-state index in [1.54, 1.807) is 31.1 Å². The third-order valence-corrected chi connectivity index (χ3v) is 3.94. The molecule has 4 nitrogen and oxygen atoms in total. The highest BCUT2D eigenvalue weighted by Crippen LogP contribution is 2.51. The maximum absolute atomic E-state index is 12.1. The van der Waals surface area contributed by atoms with E-state index >= 15 is 0 Å². The third-order valence-electron chi connectivity index (χ3n) is 3.94. The van der Waals surface area contributed by atoms with Gasteiger partial charge in [-0.2, -0.15) is 0 Å². The lowest BCUT2D eigenvalue weighted by atomic mass is 10.1. The van der Waals surface area contributed by atoms with Gasteiger partial charge in [0.2, 0.25) is 0 Å².